The number of nitrogens with one attached hydrogen (secondary N) is 1. The third-order valence-electron chi connectivity index (χ3n) is 7.06. The molecule has 2 aliphatic carbocycles. The molecule has 2 aliphatic rings. The molecule has 0 aliphatic heterocycles. The zero-order valence-corrected chi connectivity index (χ0v) is 20.2. The summed E-state index contributed by atoms with van der Waals surface area (Å²) < 4.78 is 0. The van der Waals surface area contributed by atoms with E-state index in [1.807, 2.05) is 38.4 Å². The molecule has 0 saturated heterocycles. The third kappa shape index (κ3) is 5.76. The van der Waals surface area contributed by atoms with Crippen LogP contribution in [0.4, 0.5) is 11.4 Å². The molecule has 1 N–H and O–H groups in total. The van der Waals surface area contributed by atoms with E-state index in [2.05, 4.69) is 46.3 Å². The number of carbonyl (C=O) groups excluding carboxylic acids is 2. The van der Waals surface area contributed by atoms with Crippen molar-refractivity contribution in [1.82, 2.24) is 4.90 Å². The van der Waals surface area contributed by atoms with Gasteiger partial charge in [0.25, 0.3) is 0 Å². The molecule has 2 aromatic rings. The van der Waals surface area contributed by atoms with Gasteiger partial charge in [-0.15, -0.1) is 0 Å². The zero-order valence-electron chi connectivity index (χ0n) is 20.2. The Balaban J connectivity index is 1.58. The van der Waals surface area contributed by atoms with Crippen molar-refractivity contribution in [1.29, 1.82) is 0 Å². The zero-order chi connectivity index (χ0) is 23.4. The summed E-state index contributed by atoms with van der Waals surface area (Å²) in [7, 11) is 4.05. The molecular formula is C28H37N3O2. The minimum Gasteiger partial charge on any atom is -0.377 e. The molecule has 0 aromatic heterocycles. The lowest BCUT2D eigenvalue weighted by Gasteiger charge is -2.30. The number of carbonyl (C=O) groups is 2. The molecule has 5 heteroatoms. The summed E-state index contributed by atoms with van der Waals surface area (Å²) in [4.78, 5) is 30.4. The second kappa shape index (κ2) is 10.4. The lowest BCUT2D eigenvalue weighted by Crippen LogP contribution is -2.36. The fraction of sp³-hybridized carbons (Fsp3) is 0.500. The van der Waals surface area contributed by atoms with Crippen LogP contribution in [0.1, 0.15) is 62.5 Å². The maximum Gasteiger partial charge on any atom is 0.230 e. The summed E-state index contributed by atoms with van der Waals surface area (Å²) in [5.74, 6) is 0.932. The Labute approximate surface area is 198 Å². The summed E-state index contributed by atoms with van der Waals surface area (Å²) in [6, 6.07) is 16.2. The van der Waals surface area contributed by atoms with Gasteiger partial charge >= 0.3 is 0 Å². The van der Waals surface area contributed by atoms with Crippen molar-refractivity contribution in [3.63, 3.8) is 0 Å². The summed E-state index contributed by atoms with van der Waals surface area (Å²) in [6.07, 6.45) is 6.28. The van der Waals surface area contributed by atoms with E-state index >= 15 is 0 Å². The van der Waals surface area contributed by atoms with Crippen molar-refractivity contribution in [3.05, 3.63) is 59.7 Å². The molecule has 0 radical (unpaired) electrons. The Hall–Kier alpha value is -2.82. The number of rotatable bonds is 10. The highest BCUT2D eigenvalue weighted by Crippen LogP contribution is 2.34. The first-order chi connectivity index (χ1) is 16.0. The maximum absolute atomic E-state index is 13.8. The highest BCUT2D eigenvalue weighted by molar-refractivity contribution is 5.93. The van der Waals surface area contributed by atoms with Crippen LogP contribution in [-0.2, 0) is 16.1 Å². The summed E-state index contributed by atoms with van der Waals surface area (Å²) >= 11 is 0. The highest BCUT2D eigenvalue weighted by Gasteiger charge is 2.31. The number of anilines is 2. The summed E-state index contributed by atoms with van der Waals surface area (Å²) in [5.41, 5.74) is 4.06. The van der Waals surface area contributed by atoms with Gasteiger partial charge in [-0.05, 0) is 67.3 Å². The number of nitrogens with zero attached hydrogens (tertiary/aromatic N) is 2. The van der Waals surface area contributed by atoms with E-state index in [-0.39, 0.29) is 23.7 Å². The predicted octanol–water partition coefficient (Wildman–Crippen LogP) is 5.42. The quantitative estimate of drug-likeness (QED) is 0.529. The van der Waals surface area contributed by atoms with Crippen LogP contribution in [0.15, 0.2) is 48.5 Å². The smallest absolute Gasteiger partial charge is 0.230 e. The molecule has 0 spiro atoms. The molecule has 0 heterocycles. The normalized spacial score (nSPS) is 16.6. The van der Waals surface area contributed by atoms with Gasteiger partial charge in [0.2, 0.25) is 11.8 Å². The first-order valence-corrected chi connectivity index (χ1v) is 12.4. The monoisotopic (exact) mass is 447 g/mol. The molecule has 2 aromatic carbocycles. The molecule has 5 nitrogen and oxygen atoms in total. The fourth-order valence-corrected chi connectivity index (χ4v) is 4.65. The highest BCUT2D eigenvalue weighted by atomic mass is 16.2. The number of hydrogen-bond acceptors (Lipinski definition) is 3. The van der Waals surface area contributed by atoms with Crippen molar-refractivity contribution in [2.45, 2.75) is 57.9 Å². The second-order valence-electron chi connectivity index (χ2n) is 9.89. The van der Waals surface area contributed by atoms with E-state index in [0.29, 0.717) is 12.5 Å². The maximum atomic E-state index is 13.8. The van der Waals surface area contributed by atoms with Gasteiger partial charge in [0.1, 0.15) is 0 Å². The molecule has 2 amide bonds. The van der Waals surface area contributed by atoms with Crippen molar-refractivity contribution in [2.75, 3.05) is 30.9 Å². The lowest BCUT2D eigenvalue weighted by atomic mass is 9.85. The van der Waals surface area contributed by atoms with Gasteiger partial charge in [0, 0.05) is 44.5 Å². The third-order valence-corrected chi connectivity index (χ3v) is 7.06. The van der Waals surface area contributed by atoms with Gasteiger partial charge < -0.3 is 15.1 Å². The van der Waals surface area contributed by atoms with Crippen LogP contribution in [0.3, 0.4) is 0 Å². The molecule has 1 atom stereocenters. The van der Waals surface area contributed by atoms with E-state index in [9.17, 15) is 9.59 Å². The van der Waals surface area contributed by atoms with Crippen LogP contribution in [0.25, 0.3) is 0 Å². The van der Waals surface area contributed by atoms with E-state index in [0.717, 1.165) is 54.7 Å². The number of hydrogen-bond donors (Lipinski definition) is 1. The first-order valence-electron chi connectivity index (χ1n) is 12.4. The van der Waals surface area contributed by atoms with Crippen LogP contribution < -0.4 is 10.2 Å². The van der Waals surface area contributed by atoms with Gasteiger partial charge in [0.05, 0.1) is 5.92 Å². The number of amides is 2. The minimum atomic E-state index is -0.130. The molecule has 2 saturated carbocycles. The van der Waals surface area contributed by atoms with Crippen LogP contribution in [0.2, 0.25) is 0 Å². The van der Waals surface area contributed by atoms with Gasteiger partial charge in [0.15, 0.2) is 0 Å². The number of benzene rings is 2. The van der Waals surface area contributed by atoms with Gasteiger partial charge in [-0.3, -0.25) is 9.59 Å². The average Bonchev–Trinajstić information content (AvgIpc) is 3.57. The SMILES string of the molecule is CC[C@@H](C(=O)N(Cc1cc(NC(=O)C2CCC2)ccc1N(C)C)CC1CC1)c1ccccc1. The molecule has 33 heavy (non-hydrogen) atoms. The Morgan fingerprint density at radius 2 is 1.76 bits per heavy atom. The Morgan fingerprint density at radius 3 is 2.33 bits per heavy atom. The molecule has 176 valence electrons. The van der Waals surface area contributed by atoms with E-state index in [1.165, 1.54) is 12.8 Å². The average molecular weight is 448 g/mol. The standard InChI is InChI=1S/C28H37N3O2/c1-4-25(21-9-6-5-7-10-21)28(33)31(18-20-13-14-20)19-23-17-24(15-16-26(23)30(2)3)29-27(32)22-11-8-12-22/h5-7,9-10,15-17,20,22,25H,4,8,11-14,18-19H2,1-3H3,(H,29,32)/t25-/m1/s1. The minimum absolute atomic E-state index is 0.117. The summed E-state index contributed by atoms with van der Waals surface area (Å²) in [6.45, 7) is 3.44. The predicted molar refractivity (Wildman–Crippen MR) is 134 cm³/mol. The van der Waals surface area contributed by atoms with Crippen molar-refractivity contribution in [3.8, 4) is 0 Å². The Bertz CT molecular complexity index is 964. The van der Waals surface area contributed by atoms with Crippen LogP contribution in [0.5, 0.6) is 0 Å². The van der Waals surface area contributed by atoms with Crippen LogP contribution in [0, 0.1) is 11.8 Å². The summed E-state index contributed by atoms with van der Waals surface area (Å²) in [5, 5.41) is 3.10. The molecule has 4 rings (SSSR count). The van der Waals surface area contributed by atoms with Gasteiger partial charge in [-0.2, -0.15) is 0 Å². The van der Waals surface area contributed by atoms with Gasteiger partial charge in [-0.1, -0.05) is 43.7 Å². The molecular weight excluding hydrogens is 410 g/mol. The fourth-order valence-electron chi connectivity index (χ4n) is 4.65. The molecule has 2 fully saturated rings. The van der Waals surface area contributed by atoms with Gasteiger partial charge in [-0.25, -0.2) is 0 Å². The largest absolute Gasteiger partial charge is 0.377 e. The van der Waals surface area contributed by atoms with E-state index in [1.54, 1.807) is 0 Å². The Kier molecular flexibility index (Phi) is 7.36. The van der Waals surface area contributed by atoms with Crippen LogP contribution in [-0.4, -0.2) is 37.4 Å². The van der Waals surface area contributed by atoms with Crippen molar-refractivity contribution in [2.24, 2.45) is 11.8 Å². The van der Waals surface area contributed by atoms with E-state index < -0.39 is 0 Å². The topological polar surface area (TPSA) is 52.7 Å². The lowest BCUT2D eigenvalue weighted by molar-refractivity contribution is -0.133. The molecule has 0 unspecified atom stereocenters. The Morgan fingerprint density at radius 1 is 1.03 bits per heavy atom. The van der Waals surface area contributed by atoms with Crippen molar-refractivity contribution >= 4 is 23.2 Å². The van der Waals surface area contributed by atoms with E-state index in [4.69, 9.17) is 0 Å². The first kappa shape index (κ1) is 23.3. The van der Waals surface area contributed by atoms with Crippen LogP contribution >= 0.6 is 0 Å². The van der Waals surface area contributed by atoms with Crippen molar-refractivity contribution < 1.29 is 9.59 Å². The second-order valence-corrected chi connectivity index (χ2v) is 9.89. The molecule has 0 bridgehead atoms.